The molecule has 0 aliphatic rings. The lowest BCUT2D eigenvalue weighted by atomic mass is 10.2. The van der Waals surface area contributed by atoms with Gasteiger partial charge in [0.05, 0.1) is 17.0 Å². The Balaban J connectivity index is 3.48. The molecule has 0 spiro atoms. The molecule has 0 saturated heterocycles. The summed E-state index contributed by atoms with van der Waals surface area (Å²) < 4.78 is 49.1. The maximum absolute atomic E-state index is 13.2. The maximum atomic E-state index is 13.2. The predicted molar refractivity (Wildman–Crippen MR) is 69.8 cm³/mol. The van der Waals surface area contributed by atoms with Crippen LogP contribution < -0.4 is 0 Å². The summed E-state index contributed by atoms with van der Waals surface area (Å²) in [7, 11) is 0.721. The molecule has 1 amide bonds. The van der Waals surface area contributed by atoms with E-state index in [1.165, 1.54) is 0 Å². The molecular weight excluding hydrogens is 312 g/mol. The van der Waals surface area contributed by atoms with Gasteiger partial charge in [-0.2, -0.15) is 0 Å². The van der Waals surface area contributed by atoms with Crippen molar-refractivity contribution in [3.8, 4) is 12.3 Å². The average molecular weight is 322 g/mol. The van der Waals surface area contributed by atoms with Crippen molar-refractivity contribution >= 4 is 25.6 Å². The number of rotatable bonds is 4. The fourth-order valence-electron chi connectivity index (χ4n) is 1.51. The Bertz CT molecular complexity index is 683. The predicted octanol–water partition coefficient (Wildman–Crippen LogP) is 1.99. The topological polar surface area (TPSA) is 54.5 Å². The standard InChI is InChI=1S/C12H10ClF2NO3S/c1-3-5-16(4-2)12(17)8-6-9(14)10(15)7-11(8)20(13,18)19/h1,6-7H,4-5H2,2H3. The molecule has 4 nitrogen and oxygen atoms in total. The molecule has 0 aliphatic heterocycles. The number of terminal acetylenes is 1. The Labute approximate surface area is 119 Å². The minimum absolute atomic E-state index is 0.101. The second-order valence-electron chi connectivity index (χ2n) is 3.72. The number of carbonyl (C=O) groups is 1. The van der Waals surface area contributed by atoms with Crippen LogP contribution in [-0.4, -0.2) is 32.3 Å². The number of hydrogen-bond donors (Lipinski definition) is 0. The van der Waals surface area contributed by atoms with Crippen LogP contribution in [0.15, 0.2) is 17.0 Å². The fraction of sp³-hybridized carbons (Fsp3) is 0.250. The summed E-state index contributed by atoms with van der Waals surface area (Å²) >= 11 is 0. The van der Waals surface area contributed by atoms with Gasteiger partial charge < -0.3 is 4.90 Å². The van der Waals surface area contributed by atoms with E-state index in [0.717, 1.165) is 4.90 Å². The lowest BCUT2D eigenvalue weighted by Crippen LogP contribution is -2.32. The zero-order valence-corrected chi connectivity index (χ0v) is 11.9. The van der Waals surface area contributed by atoms with E-state index in [-0.39, 0.29) is 13.1 Å². The summed E-state index contributed by atoms with van der Waals surface area (Å²) in [6.45, 7) is 1.67. The zero-order chi connectivity index (χ0) is 15.5. The lowest BCUT2D eigenvalue weighted by molar-refractivity contribution is 0.0780. The number of nitrogens with zero attached hydrogens (tertiary/aromatic N) is 1. The minimum Gasteiger partial charge on any atom is -0.328 e. The highest BCUT2D eigenvalue weighted by molar-refractivity contribution is 8.13. The molecule has 0 unspecified atom stereocenters. The molecule has 1 rings (SSSR count). The van der Waals surface area contributed by atoms with Gasteiger partial charge in [0.2, 0.25) is 0 Å². The number of carbonyl (C=O) groups excluding carboxylic acids is 1. The van der Waals surface area contributed by atoms with Crippen LogP contribution in [0.4, 0.5) is 8.78 Å². The summed E-state index contributed by atoms with van der Waals surface area (Å²) in [6, 6.07) is 0.862. The van der Waals surface area contributed by atoms with Gasteiger partial charge in [-0.25, -0.2) is 17.2 Å². The molecule has 108 valence electrons. The first-order valence-corrected chi connectivity index (χ1v) is 7.69. The SMILES string of the molecule is C#CCN(CC)C(=O)c1cc(F)c(F)cc1S(=O)(=O)Cl. The van der Waals surface area contributed by atoms with Crippen molar-refractivity contribution in [1.82, 2.24) is 4.90 Å². The van der Waals surface area contributed by atoms with Crippen LogP contribution in [0.3, 0.4) is 0 Å². The van der Waals surface area contributed by atoms with Crippen molar-refractivity contribution in [2.45, 2.75) is 11.8 Å². The van der Waals surface area contributed by atoms with Crippen LogP contribution in [0.1, 0.15) is 17.3 Å². The highest BCUT2D eigenvalue weighted by Gasteiger charge is 2.26. The molecule has 1 aromatic rings. The van der Waals surface area contributed by atoms with E-state index in [1.807, 2.05) is 0 Å². The van der Waals surface area contributed by atoms with Gasteiger partial charge in [-0.05, 0) is 19.1 Å². The van der Waals surface area contributed by atoms with Crippen molar-refractivity contribution in [3.63, 3.8) is 0 Å². The second kappa shape index (κ2) is 6.20. The molecule has 0 heterocycles. The normalized spacial score (nSPS) is 10.9. The fourth-order valence-corrected chi connectivity index (χ4v) is 2.54. The van der Waals surface area contributed by atoms with Gasteiger partial charge in [0.1, 0.15) is 0 Å². The molecule has 20 heavy (non-hydrogen) atoms. The summed E-state index contributed by atoms with van der Waals surface area (Å²) in [5.41, 5.74) is -0.559. The first-order valence-electron chi connectivity index (χ1n) is 5.38. The molecule has 0 aromatic heterocycles. The lowest BCUT2D eigenvalue weighted by Gasteiger charge is -2.19. The third kappa shape index (κ3) is 3.46. The third-order valence-electron chi connectivity index (χ3n) is 2.47. The molecule has 0 N–H and O–H groups in total. The molecule has 8 heteroatoms. The van der Waals surface area contributed by atoms with Crippen LogP contribution in [0.5, 0.6) is 0 Å². The summed E-state index contributed by atoms with van der Waals surface area (Å²) in [5.74, 6) is -1.40. The number of amides is 1. The van der Waals surface area contributed by atoms with E-state index in [9.17, 15) is 22.0 Å². The summed E-state index contributed by atoms with van der Waals surface area (Å²) in [6.07, 6.45) is 5.08. The molecule has 0 atom stereocenters. The Morgan fingerprint density at radius 2 is 1.95 bits per heavy atom. The third-order valence-corrected chi connectivity index (χ3v) is 3.83. The number of hydrogen-bond acceptors (Lipinski definition) is 3. The van der Waals surface area contributed by atoms with Crippen molar-refractivity contribution in [3.05, 3.63) is 29.3 Å². The van der Waals surface area contributed by atoms with E-state index < -0.39 is 37.1 Å². The van der Waals surface area contributed by atoms with Gasteiger partial charge in [0.25, 0.3) is 15.0 Å². The van der Waals surface area contributed by atoms with E-state index >= 15 is 0 Å². The van der Waals surface area contributed by atoms with Crippen molar-refractivity contribution < 1.29 is 22.0 Å². The highest BCUT2D eigenvalue weighted by Crippen LogP contribution is 2.24. The van der Waals surface area contributed by atoms with Crippen LogP contribution >= 0.6 is 10.7 Å². The van der Waals surface area contributed by atoms with Crippen molar-refractivity contribution in [2.24, 2.45) is 0 Å². The Kier molecular flexibility index (Phi) is 5.09. The first-order chi connectivity index (χ1) is 9.22. The monoisotopic (exact) mass is 321 g/mol. The zero-order valence-electron chi connectivity index (χ0n) is 10.4. The second-order valence-corrected chi connectivity index (χ2v) is 6.26. The van der Waals surface area contributed by atoms with Gasteiger partial charge in [-0.3, -0.25) is 4.79 Å². The smallest absolute Gasteiger partial charge is 0.262 e. The Morgan fingerprint density at radius 3 is 2.40 bits per heavy atom. The summed E-state index contributed by atoms with van der Waals surface area (Å²) in [5, 5.41) is 0. The van der Waals surface area contributed by atoms with E-state index in [1.54, 1.807) is 6.92 Å². The maximum Gasteiger partial charge on any atom is 0.262 e. The van der Waals surface area contributed by atoms with Gasteiger partial charge in [0.15, 0.2) is 11.6 Å². The summed E-state index contributed by atoms with van der Waals surface area (Å²) in [4.78, 5) is 12.4. The van der Waals surface area contributed by atoms with Crippen molar-refractivity contribution in [2.75, 3.05) is 13.1 Å². The highest BCUT2D eigenvalue weighted by atomic mass is 35.7. The molecule has 0 fully saturated rings. The van der Waals surface area contributed by atoms with E-state index in [4.69, 9.17) is 17.1 Å². The number of halogens is 3. The van der Waals surface area contributed by atoms with Crippen molar-refractivity contribution in [1.29, 1.82) is 0 Å². The quantitative estimate of drug-likeness (QED) is 0.629. The van der Waals surface area contributed by atoms with Crippen LogP contribution in [0.2, 0.25) is 0 Å². The number of benzene rings is 1. The Morgan fingerprint density at radius 1 is 1.40 bits per heavy atom. The molecule has 0 saturated carbocycles. The minimum atomic E-state index is -4.41. The van der Waals surface area contributed by atoms with Crippen LogP contribution in [0, 0.1) is 24.0 Å². The first kappa shape index (κ1) is 16.4. The molecule has 0 bridgehead atoms. The van der Waals surface area contributed by atoms with E-state index in [0.29, 0.717) is 12.1 Å². The van der Waals surface area contributed by atoms with Crippen LogP contribution in [0.25, 0.3) is 0 Å². The largest absolute Gasteiger partial charge is 0.328 e. The molecule has 0 radical (unpaired) electrons. The van der Waals surface area contributed by atoms with Gasteiger partial charge >= 0.3 is 0 Å². The molecular formula is C12H10ClF2NO3S. The molecule has 0 aliphatic carbocycles. The average Bonchev–Trinajstić information content (AvgIpc) is 2.36. The van der Waals surface area contributed by atoms with Gasteiger partial charge in [0, 0.05) is 17.2 Å². The van der Waals surface area contributed by atoms with Crippen LogP contribution in [-0.2, 0) is 9.05 Å². The Hall–Kier alpha value is -1.65. The van der Waals surface area contributed by atoms with Gasteiger partial charge in [-0.1, -0.05) is 5.92 Å². The van der Waals surface area contributed by atoms with E-state index in [2.05, 4.69) is 5.92 Å². The van der Waals surface area contributed by atoms with Gasteiger partial charge in [-0.15, -0.1) is 6.42 Å². The molecule has 1 aromatic carbocycles.